The number of nitrogens with zero attached hydrogens (tertiary/aromatic N) is 4. The highest BCUT2D eigenvalue weighted by molar-refractivity contribution is 6.30. The van der Waals surface area contributed by atoms with Crippen LogP contribution in [0.15, 0.2) is 48.5 Å². The minimum absolute atomic E-state index is 0.184. The van der Waals surface area contributed by atoms with E-state index in [1.54, 1.807) is 12.1 Å². The first-order chi connectivity index (χ1) is 14.0. The molecule has 3 aromatic rings. The molecule has 7 nitrogen and oxygen atoms in total. The van der Waals surface area contributed by atoms with Crippen LogP contribution in [0.25, 0.3) is 0 Å². The van der Waals surface area contributed by atoms with Gasteiger partial charge in [0, 0.05) is 16.4 Å². The number of anilines is 4. The fraction of sp³-hybridized carbons (Fsp3) is 0.250. The Labute approximate surface area is 173 Å². The van der Waals surface area contributed by atoms with Crippen LogP contribution in [0.4, 0.5) is 27.7 Å². The van der Waals surface area contributed by atoms with E-state index in [9.17, 15) is 4.39 Å². The van der Waals surface area contributed by atoms with Gasteiger partial charge in [0.05, 0.1) is 26.2 Å². The summed E-state index contributed by atoms with van der Waals surface area (Å²) in [6.45, 7) is 4.29. The Kier molecular flexibility index (Phi) is 5.73. The number of aromatic nitrogens is 3. The number of nitrogen functional groups attached to an aromatic ring is 1. The molecule has 9 heteroatoms. The molecule has 1 aliphatic heterocycles. The Morgan fingerprint density at radius 3 is 2.55 bits per heavy atom. The van der Waals surface area contributed by atoms with Crippen LogP contribution in [-0.2, 0) is 6.54 Å². The van der Waals surface area contributed by atoms with Crippen LogP contribution in [0, 0.1) is 5.82 Å². The smallest absolute Gasteiger partial charge is 0.232 e. The second-order valence-electron chi connectivity index (χ2n) is 6.96. The lowest BCUT2D eigenvalue weighted by molar-refractivity contribution is -0.915. The molecule has 29 heavy (non-hydrogen) atoms. The summed E-state index contributed by atoms with van der Waals surface area (Å²) in [7, 11) is 0. The molecule has 1 saturated heterocycles. The summed E-state index contributed by atoms with van der Waals surface area (Å²) in [5.41, 5.74) is 7.71. The highest BCUT2D eigenvalue weighted by atomic mass is 35.5. The third-order valence-electron chi connectivity index (χ3n) is 4.85. The predicted octanol–water partition coefficient (Wildman–Crippen LogP) is 1.89. The summed E-state index contributed by atoms with van der Waals surface area (Å²) in [6, 6.07) is 14.0. The number of hydrogen-bond acceptors (Lipinski definition) is 6. The first-order valence-electron chi connectivity index (χ1n) is 9.42. The zero-order chi connectivity index (χ0) is 20.2. The van der Waals surface area contributed by atoms with Crippen molar-refractivity contribution < 1.29 is 9.29 Å². The van der Waals surface area contributed by atoms with E-state index >= 15 is 0 Å². The van der Waals surface area contributed by atoms with Crippen LogP contribution in [0.2, 0.25) is 5.02 Å². The van der Waals surface area contributed by atoms with Gasteiger partial charge < -0.3 is 20.9 Å². The number of rotatable bonds is 5. The fourth-order valence-corrected chi connectivity index (χ4v) is 3.59. The third-order valence-corrected chi connectivity index (χ3v) is 5.09. The number of piperazine rings is 1. The van der Waals surface area contributed by atoms with Crippen molar-refractivity contribution in [3.63, 3.8) is 0 Å². The summed E-state index contributed by atoms with van der Waals surface area (Å²) in [4.78, 5) is 16.6. The SMILES string of the molecule is Nc1nc(C[NH+]2CCN(c3ccc(F)cc3)CC2)nc(Nc2cccc(Cl)c2)n1. The van der Waals surface area contributed by atoms with Gasteiger partial charge in [0.25, 0.3) is 0 Å². The second-order valence-corrected chi connectivity index (χ2v) is 7.40. The molecule has 0 spiro atoms. The summed E-state index contributed by atoms with van der Waals surface area (Å²) in [5, 5.41) is 3.75. The van der Waals surface area contributed by atoms with E-state index in [2.05, 4.69) is 25.2 Å². The maximum absolute atomic E-state index is 13.1. The van der Waals surface area contributed by atoms with E-state index in [1.165, 1.54) is 17.0 Å². The van der Waals surface area contributed by atoms with Crippen molar-refractivity contribution in [2.24, 2.45) is 0 Å². The van der Waals surface area contributed by atoms with Crippen molar-refractivity contribution in [3.8, 4) is 0 Å². The number of halogens is 2. The summed E-state index contributed by atoms with van der Waals surface area (Å²) in [5.74, 6) is 1.02. The van der Waals surface area contributed by atoms with Crippen LogP contribution in [-0.4, -0.2) is 41.1 Å². The first kappa shape index (κ1) is 19.4. The van der Waals surface area contributed by atoms with Gasteiger partial charge in [-0.1, -0.05) is 17.7 Å². The predicted molar refractivity (Wildman–Crippen MR) is 112 cm³/mol. The van der Waals surface area contributed by atoms with E-state index in [4.69, 9.17) is 17.3 Å². The Bertz CT molecular complexity index is 975. The van der Waals surface area contributed by atoms with Gasteiger partial charge in [-0.3, -0.25) is 0 Å². The molecule has 0 aliphatic carbocycles. The quantitative estimate of drug-likeness (QED) is 0.591. The lowest BCUT2D eigenvalue weighted by Gasteiger charge is -2.33. The number of nitrogens with one attached hydrogen (secondary N) is 2. The molecular weight excluding hydrogens is 393 g/mol. The topological polar surface area (TPSA) is 84.4 Å². The van der Waals surface area contributed by atoms with Gasteiger partial charge >= 0.3 is 0 Å². The van der Waals surface area contributed by atoms with Crippen molar-refractivity contribution in [3.05, 3.63) is 65.2 Å². The number of quaternary nitrogens is 1. The summed E-state index contributed by atoms with van der Waals surface area (Å²) < 4.78 is 13.1. The van der Waals surface area contributed by atoms with Gasteiger partial charge in [-0.2, -0.15) is 15.0 Å². The van der Waals surface area contributed by atoms with E-state index in [1.807, 2.05) is 24.3 Å². The molecule has 0 unspecified atom stereocenters. The average molecular weight is 415 g/mol. The van der Waals surface area contributed by atoms with Gasteiger partial charge in [-0.05, 0) is 42.5 Å². The molecule has 1 aromatic heterocycles. The average Bonchev–Trinajstić information content (AvgIpc) is 2.69. The van der Waals surface area contributed by atoms with Crippen LogP contribution in [0.5, 0.6) is 0 Å². The van der Waals surface area contributed by atoms with Crippen LogP contribution in [0.1, 0.15) is 5.82 Å². The maximum atomic E-state index is 13.1. The Morgan fingerprint density at radius 1 is 1.07 bits per heavy atom. The normalized spacial score (nSPS) is 14.8. The van der Waals surface area contributed by atoms with E-state index < -0.39 is 0 Å². The highest BCUT2D eigenvalue weighted by Crippen LogP contribution is 2.18. The number of nitrogens with two attached hydrogens (primary N) is 1. The molecule has 4 rings (SSSR count). The van der Waals surface area contributed by atoms with Gasteiger partial charge in [-0.15, -0.1) is 0 Å². The molecular formula is C20H22ClFN7+. The van der Waals surface area contributed by atoms with Crippen LogP contribution >= 0.6 is 11.6 Å². The van der Waals surface area contributed by atoms with Crippen LogP contribution < -0.4 is 20.9 Å². The lowest BCUT2D eigenvalue weighted by atomic mass is 10.2. The molecule has 2 aromatic carbocycles. The van der Waals surface area contributed by atoms with Crippen molar-refractivity contribution in [2.75, 3.05) is 42.1 Å². The molecule has 0 radical (unpaired) electrons. The minimum atomic E-state index is -0.215. The summed E-state index contributed by atoms with van der Waals surface area (Å²) in [6.07, 6.45) is 0. The largest absolute Gasteiger partial charge is 0.368 e. The minimum Gasteiger partial charge on any atom is -0.368 e. The molecule has 0 atom stereocenters. The van der Waals surface area contributed by atoms with Gasteiger partial charge in [-0.25, -0.2) is 4.39 Å². The molecule has 150 valence electrons. The first-order valence-corrected chi connectivity index (χ1v) is 9.80. The maximum Gasteiger partial charge on any atom is 0.232 e. The van der Waals surface area contributed by atoms with Crippen LogP contribution in [0.3, 0.4) is 0 Å². The van der Waals surface area contributed by atoms with Gasteiger partial charge in [0.1, 0.15) is 12.4 Å². The molecule has 0 bridgehead atoms. The molecule has 0 saturated carbocycles. The Hall–Kier alpha value is -2.97. The zero-order valence-electron chi connectivity index (χ0n) is 15.8. The van der Waals surface area contributed by atoms with Crippen molar-refractivity contribution in [1.29, 1.82) is 0 Å². The molecule has 1 fully saturated rings. The number of hydrogen-bond donors (Lipinski definition) is 3. The monoisotopic (exact) mass is 414 g/mol. The number of benzene rings is 2. The zero-order valence-corrected chi connectivity index (χ0v) is 16.5. The second kappa shape index (κ2) is 8.59. The Balaban J connectivity index is 1.38. The molecule has 4 N–H and O–H groups in total. The molecule has 1 aliphatic rings. The standard InChI is InChI=1S/C20H21ClFN7/c21-14-2-1-3-16(12-14)24-20-26-18(25-19(23)27-20)13-28-8-10-29(11-9-28)17-6-4-15(22)5-7-17/h1-7,12H,8-11,13H2,(H3,23,24,25,26,27)/p+1. The lowest BCUT2D eigenvalue weighted by Crippen LogP contribution is -3.13. The van der Waals surface area contributed by atoms with E-state index in [-0.39, 0.29) is 11.8 Å². The molecule has 0 amide bonds. The summed E-state index contributed by atoms with van der Waals surface area (Å²) >= 11 is 6.02. The van der Waals surface area contributed by atoms with Gasteiger partial charge in [0.2, 0.25) is 11.9 Å². The Morgan fingerprint density at radius 2 is 1.83 bits per heavy atom. The van der Waals surface area contributed by atoms with Crippen molar-refractivity contribution >= 4 is 34.9 Å². The fourth-order valence-electron chi connectivity index (χ4n) is 3.40. The third kappa shape index (κ3) is 5.10. The van der Waals surface area contributed by atoms with E-state index in [0.717, 1.165) is 37.6 Å². The highest BCUT2D eigenvalue weighted by Gasteiger charge is 2.22. The van der Waals surface area contributed by atoms with E-state index in [0.29, 0.717) is 23.3 Å². The van der Waals surface area contributed by atoms with Crippen molar-refractivity contribution in [2.45, 2.75) is 6.54 Å². The van der Waals surface area contributed by atoms with Crippen molar-refractivity contribution in [1.82, 2.24) is 15.0 Å². The van der Waals surface area contributed by atoms with Gasteiger partial charge in [0.15, 0.2) is 5.82 Å². The molecule has 2 heterocycles.